The van der Waals surface area contributed by atoms with Gasteiger partial charge in [0.2, 0.25) is 0 Å². The van der Waals surface area contributed by atoms with Gasteiger partial charge in [0.15, 0.2) is 0 Å². The van der Waals surface area contributed by atoms with Crippen molar-refractivity contribution in [3.05, 3.63) is 35.9 Å². The molecule has 5 nitrogen and oxygen atoms in total. The lowest BCUT2D eigenvalue weighted by Crippen LogP contribution is -2.34. The van der Waals surface area contributed by atoms with Gasteiger partial charge in [-0.05, 0) is 76.1 Å². The second-order valence-corrected chi connectivity index (χ2v) is 10.00. The van der Waals surface area contributed by atoms with Gasteiger partial charge in [-0.2, -0.15) is 0 Å². The smallest absolute Gasteiger partial charge is 0.331 e. The first-order valence-electron chi connectivity index (χ1n) is 13.2. The number of benzene rings is 1. The van der Waals surface area contributed by atoms with Crippen LogP contribution in [0, 0.1) is 5.41 Å². The lowest BCUT2D eigenvalue weighted by molar-refractivity contribution is -0.164. The van der Waals surface area contributed by atoms with E-state index >= 15 is 0 Å². The summed E-state index contributed by atoms with van der Waals surface area (Å²) in [4.78, 5) is 24.5. The number of hydrogen-bond donors (Lipinski definition) is 0. The number of unbranched alkanes of at least 4 members (excludes halogenated alkanes) is 5. The van der Waals surface area contributed by atoms with Crippen molar-refractivity contribution < 1.29 is 23.8 Å². The van der Waals surface area contributed by atoms with Crippen LogP contribution < -0.4 is 4.74 Å². The van der Waals surface area contributed by atoms with Gasteiger partial charge in [0, 0.05) is 6.08 Å². The van der Waals surface area contributed by atoms with Crippen molar-refractivity contribution in [3.8, 4) is 5.75 Å². The fourth-order valence-electron chi connectivity index (χ4n) is 3.84. The molecule has 0 amide bonds. The fourth-order valence-corrected chi connectivity index (χ4v) is 3.84. The highest BCUT2D eigenvalue weighted by atomic mass is 16.6. The van der Waals surface area contributed by atoms with E-state index in [1.807, 2.05) is 45.0 Å². The molecule has 1 aromatic rings. The van der Waals surface area contributed by atoms with Crippen molar-refractivity contribution in [3.63, 3.8) is 0 Å². The number of ether oxygens (including phenoxy) is 3. The zero-order valence-electron chi connectivity index (χ0n) is 21.6. The summed E-state index contributed by atoms with van der Waals surface area (Å²) in [5.74, 6) is 0.376. The van der Waals surface area contributed by atoms with Gasteiger partial charge < -0.3 is 14.2 Å². The third-order valence-electron chi connectivity index (χ3n) is 6.67. The Morgan fingerprint density at radius 1 is 0.882 bits per heavy atom. The number of hydrogen-bond acceptors (Lipinski definition) is 5. The topological polar surface area (TPSA) is 61.8 Å². The first kappa shape index (κ1) is 27.9. The summed E-state index contributed by atoms with van der Waals surface area (Å²) in [5.41, 5.74) is 0.477. The lowest BCUT2D eigenvalue weighted by atomic mass is 9.90. The van der Waals surface area contributed by atoms with Crippen LogP contribution in [-0.2, 0) is 19.1 Å². The van der Waals surface area contributed by atoms with E-state index in [1.165, 1.54) is 38.2 Å². The minimum absolute atomic E-state index is 0.0781. The Morgan fingerprint density at radius 2 is 1.47 bits per heavy atom. The molecule has 1 aliphatic carbocycles. The molecule has 0 saturated heterocycles. The summed E-state index contributed by atoms with van der Waals surface area (Å²) in [6, 6.07) is 7.75. The summed E-state index contributed by atoms with van der Waals surface area (Å²) < 4.78 is 17.1. The van der Waals surface area contributed by atoms with Crippen LogP contribution in [-0.4, -0.2) is 30.8 Å². The number of carbonyl (C=O) groups excluding carboxylic acids is 2. The molecule has 0 aromatic heterocycles. The molecule has 1 aliphatic rings. The number of carbonyl (C=O) groups is 2. The highest BCUT2D eigenvalue weighted by Gasteiger charge is 2.32. The maximum atomic E-state index is 12.2. The summed E-state index contributed by atoms with van der Waals surface area (Å²) in [6.07, 6.45) is 14.2. The van der Waals surface area contributed by atoms with Crippen LogP contribution in [0.2, 0.25) is 0 Å². The van der Waals surface area contributed by atoms with Crippen LogP contribution in [0.25, 0.3) is 6.08 Å². The number of rotatable bonds is 14. The van der Waals surface area contributed by atoms with Crippen molar-refractivity contribution in [2.45, 2.75) is 111 Å². The first-order chi connectivity index (χ1) is 16.3. The van der Waals surface area contributed by atoms with Gasteiger partial charge in [-0.3, -0.25) is 4.79 Å². The Hall–Kier alpha value is -2.30. The molecule has 1 saturated carbocycles. The zero-order valence-corrected chi connectivity index (χ0v) is 21.6. The Labute approximate surface area is 206 Å². The lowest BCUT2D eigenvalue weighted by Gasteiger charge is -2.30. The molecule has 0 N–H and O–H groups in total. The summed E-state index contributed by atoms with van der Waals surface area (Å²) in [5, 5.41) is 0. The van der Waals surface area contributed by atoms with Crippen LogP contribution in [0.3, 0.4) is 0 Å². The van der Waals surface area contributed by atoms with Crippen LogP contribution in [0.15, 0.2) is 30.3 Å². The van der Waals surface area contributed by atoms with Gasteiger partial charge in [-0.1, -0.05) is 58.1 Å². The molecule has 1 fully saturated rings. The molecule has 0 unspecified atom stereocenters. The van der Waals surface area contributed by atoms with E-state index in [4.69, 9.17) is 14.2 Å². The van der Waals surface area contributed by atoms with E-state index in [2.05, 4.69) is 6.92 Å². The van der Waals surface area contributed by atoms with Gasteiger partial charge in [-0.15, -0.1) is 0 Å². The van der Waals surface area contributed by atoms with Gasteiger partial charge in [-0.25, -0.2) is 4.79 Å². The molecule has 0 heterocycles. The molecule has 0 aliphatic heterocycles. The van der Waals surface area contributed by atoms with Crippen molar-refractivity contribution in [2.24, 2.45) is 5.41 Å². The Balaban J connectivity index is 1.65. The third kappa shape index (κ3) is 10.3. The van der Waals surface area contributed by atoms with E-state index in [1.54, 1.807) is 6.08 Å². The third-order valence-corrected chi connectivity index (χ3v) is 6.67. The van der Waals surface area contributed by atoms with Crippen LogP contribution in [0.4, 0.5) is 0 Å². The molecule has 0 spiro atoms. The summed E-state index contributed by atoms with van der Waals surface area (Å²) >= 11 is 0. The number of esters is 2. The van der Waals surface area contributed by atoms with Crippen LogP contribution in [0.5, 0.6) is 5.75 Å². The average molecular weight is 473 g/mol. The summed E-state index contributed by atoms with van der Waals surface area (Å²) in [7, 11) is 0. The maximum absolute atomic E-state index is 12.2. The van der Waals surface area contributed by atoms with E-state index in [0.717, 1.165) is 43.6 Å². The second kappa shape index (κ2) is 14.9. The minimum Gasteiger partial charge on any atom is -0.494 e. The van der Waals surface area contributed by atoms with E-state index in [0.29, 0.717) is 12.8 Å². The molecule has 34 heavy (non-hydrogen) atoms. The van der Waals surface area contributed by atoms with Crippen molar-refractivity contribution in [1.29, 1.82) is 0 Å². The van der Waals surface area contributed by atoms with Crippen LogP contribution in [0.1, 0.15) is 104 Å². The standard InChI is InChI=1S/C29H44O5/c1-5-7-8-9-10-11-22-32-24-15-12-23(13-16-24)14-21-27(30)33-25-17-19-26(20-18-25)34-28(31)29(3,4)6-2/h12-16,21,25-26H,5-11,17-20,22H2,1-4H3/b21-14+/t25-,26-. The molecule has 0 bridgehead atoms. The van der Waals surface area contributed by atoms with Crippen molar-refractivity contribution >= 4 is 18.0 Å². The molecule has 0 radical (unpaired) electrons. The van der Waals surface area contributed by atoms with Gasteiger partial charge in [0.25, 0.3) is 0 Å². The predicted molar refractivity (Wildman–Crippen MR) is 137 cm³/mol. The largest absolute Gasteiger partial charge is 0.494 e. The highest BCUT2D eigenvalue weighted by molar-refractivity contribution is 5.87. The molecule has 190 valence electrons. The molecule has 0 atom stereocenters. The first-order valence-corrected chi connectivity index (χ1v) is 13.2. The normalized spacial score (nSPS) is 18.6. The molecule has 5 heteroatoms. The molecular weight excluding hydrogens is 428 g/mol. The van der Waals surface area contributed by atoms with E-state index in [-0.39, 0.29) is 24.1 Å². The van der Waals surface area contributed by atoms with Gasteiger partial charge in [0.05, 0.1) is 12.0 Å². The Morgan fingerprint density at radius 3 is 2.09 bits per heavy atom. The predicted octanol–water partition coefficient (Wildman–Crippen LogP) is 7.27. The van der Waals surface area contributed by atoms with Gasteiger partial charge >= 0.3 is 11.9 Å². The summed E-state index contributed by atoms with van der Waals surface area (Å²) in [6.45, 7) is 8.78. The average Bonchev–Trinajstić information content (AvgIpc) is 2.84. The Kier molecular flexibility index (Phi) is 12.2. The van der Waals surface area contributed by atoms with E-state index in [9.17, 15) is 9.59 Å². The minimum atomic E-state index is -0.452. The second-order valence-electron chi connectivity index (χ2n) is 10.00. The van der Waals surface area contributed by atoms with Crippen molar-refractivity contribution in [1.82, 2.24) is 0 Å². The molecular formula is C29H44O5. The molecule has 1 aromatic carbocycles. The Bertz CT molecular complexity index is 757. The van der Waals surface area contributed by atoms with Crippen molar-refractivity contribution in [2.75, 3.05) is 6.61 Å². The monoisotopic (exact) mass is 472 g/mol. The SMILES string of the molecule is CCCCCCCCOc1ccc(/C=C/C(=O)O[C@H]2CC[C@H](OC(=O)C(C)(C)CC)CC2)cc1. The fraction of sp³-hybridized carbons (Fsp3) is 0.655. The van der Waals surface area contributed by atoms with Gasteiger partial charge in [0.1, 0.15) is 18.0 Å². The zero-order chi connectivity index (χ0) is 24.8. The highest BCUT2D eigenvalue weighted by Crippen LogP contribution is 2.28. The quantitative estimate of drug-likeness (QED) is 0.162. The molecule has 2 rings (SSSR count). The van der Waals surface area contributed by atoms with Crippen LogP contribution >= 0.6 is 0 Å². The van der Waals surface area contributed by atoms with E-state index < -0.39 is 5.41 Å². The maximum Gasteiger partial charge on any atom is 0.331 e.